The highest BCUT2D eigenvalue weighted by Crippen LogP contribution is 2.34. The average Bonchev–Trinajstić information content (AvgIpc) is 3.83. The highest BCUT2D eigenvalue weighted by Gasteiger charge is 2.32. The molecule has 296 valence electrons. The van der Waals surface area contributed by atoms with Crippen molar-refractivity contribution in [3.8, 4) is 6.07 Å². The molecule has 1 N–H and O–H groups in total. The molecule has 2 amide bonds. The number of nitrogens with zero attached hydrogens (tertiary/aromatic N) is 6. The van der Waals surface area contributed by atoms with E-state index in [1.54, 1.807) is 24.2 Å². The van der Waals surface area contributed by atoms with Gasteiger partial charge in [0, 0.05) is 37.5 Å². The Labute approximate surface area is 334 Å². The van der Waals surface area contributed by atoms with E-state index in [1.807, 2.05) is 11.0 Å². The lowest BCUT2D eigenvalue weighted by Crippen LogP contribution is -2.42. The van der Waals surface area contributed by atoms with E-state index < -0.39 is 0 Å². The number of carbonyl (C=O) groups excluding carboxylic acids is 2. The Balaban J connectivity index is 0.916. The summed E-state index contributed by atoms with van der Waals surface area (Å²) in [5.74, 6) is 2.07. The maximum Gasteiger partial charge on any atom is 0.264 e. The number of amides is 2. The molecule has 1 atom stereocenters. The molecule has 2 aromatic heterocycles. The SMILES string of the molecule is CC1c2ccc(CCCN3CCC(C(=O)Nc4ncc(SCc5ncc(C(C)(C)C)o5)s4)CC3)cc2CCN1C(=O)/C(C#N)=C/C(C)(C)CN1CCOCC1. The van der Waals surface area contributed by atoms with Crippen LogP contribution in [-0.2, 0) is 38.3 Å². The van der Waals surface area contributed by atoms with Crippen molar-refractivity contribution in [1.29, 1.82) is 5.26 Å². The first-order valence-corrected chi connectivity index (χ1v) is 21.5. The van der Waals surface area contributed by atoms with Crippen molar-refractivity contribution in [3.63, 3.8) is 0 Å². The van der Waals surface area contributed by atoms with Crippen LogP contribution in [0.1, 0.15) is 95.2 Å². The molecule has 3 aliphatic rings. The first-order valence-electron chi connectivity index (χ1n) is 19.7. The van der Waals surface area contributed by atoms with Gasteiger partial charge in [0.2, 0.25) is 11.8 Å². The van der Waals surface area contributed by atoms with Crippen LogP contribution < -0.4 is 5.32 Å². The summed E-state index contributed by atoms with van der Waals surface area (Å²) in [4.78, 5) is 42.3. The lowest BCUT2D eigenvalue weighted by atomic mass is 9.88. The molecule has 0 radical (unpaired) electrons. The molecule has 13 heteroatoms. The van der Waals surface area contributed by atoms with E-state index in [9.17, 15) is 14.9 Å². The van der Waals surface area contributed by atoms with Gasteiger partial charge in [0.15, 0.2) is 5.13 Å². The summed E-state index contributed by atoms with van der Waals surface area (Å²) in [7, 11) is 0. The number of aromatic nitrogens is 2. The molecule has 3 aliphatic heterocycles. The fraction of sp³-hybridized carbons (Fsp3) is 0.595. The highest BCUT2D eigenvalue weighted by molar-refractivity contribution is 8.00. The predicted octanol–water partition coefficient (Wildman–Crippen LogP) is 7.26. The molecule has 1 aromatic carbocycles. The van der Waals surface area contributed by atoms with Crippen molar-refractivity contribution in [2.45, 2.75) is 95.1 Å². The van der Waals surface area contributed by atoms with Gasteiger partial charge in [-0.05, 0) is 80.8 Å². The van der Waals surface area contributed by atoms with E-state index in [-0.39, 0.29) is 40.2 Å². The third-order valence-corrected chi connectivity index (χ3v) is 13.0. The van der Waals surface area contributed by atoms with Gasteiger partial charge in [0.05, 0.1) is 41.6 Å². The molecule has 0 saturated carbocycles. The van der Waals surface area contributed by atoms with Crippen LogP contribution in [0.4, 0.5) is 5.13 Å². The zero-order chi connectivity index (χ0) is 39.2. The number of morpholine rings is 1. The molecule has 11 nitrogen and oxygen atoms in total. The zero-order valence-corrected chi connectivity index (χ0v) is 35.0. The maximum absolute atomic E-state index is 13.7. The fourth-order valence-corrected chi connectivity index (χ4v) is 9.49. The molecule has 3 aromatic rings. The van der Waals surface area contributed by atoms with E-state index in [2.05, 4.69) is 90.9 Å². The lowest BCUT2D eigenvalue weighted by Gasteiger charge is -2.36. The molecule has 0 bridgehead atoms. The number of likely N-dealkylation sites (tertiary alicyclic amines) is 1. The molecular weight excluding hydrogens is 731 g/mol. The van der Waals surface area contributed by atoms with Gasteiger partial charge in [0.25, 0.3) is 5.91 Å². The van der Waals surface area contributed by atoms with Crippen LogP contribution >= 0.6 is 23.1 Å². The monoisotopic (exact) mass is 787 g/mol. The Kier molecular flexibility index (Phi) is 13.6. The molecule has 2 saturated heterocycles. The minimum atomic E-state index is -0.307. The van der Waals surface area contributed by atoms with Crippen LogP contribution in [0.3, 0.4) is 0 Å². The quantitative estimate of drug-likeness (QED) is 0.107. The van der Waals surface area contributed by atoms with Gasteiger partial charge in [-0.25, -0.2) is 9.97 Å². The second-order valence-corrected chi connectivity index (χ2v) is 19.2. The number of hydrogen-bond acceptors (Lipinski definition) is 11. The Bertz CT molecular complexity index is 1860. The number of thiazole rings is 1. The average molecular weight is 788 g/mol. The Hall–Kier alpha value is -3.54. The second kappa shape index (κ2) is 18.2. The number of thioether (sulfide) groups is 1. The number of fused-ring (bicyclic) bond motifs is 1. The molecule has 0 aliphatic carbocycles. The lowest BCUT2D eigenvalue weighted by molar-refractivity contribution is -0.129. The molecular formula is C42H57N7O4S2. The minimum absolute atomic E-state index is 0.00483. The van der Waals surface area contributed by atoms with Gasteiger partial charge >= 0.3 is 0 Å². The smallest absolute Gasteiger partial charge is 0.264 e. The van der Waals surface area contributed by atoms with Crippen LogP contribution in [0.25, 0.3) is 0 Å². The number of oxazole rings is 1. The number of carbonyl (C=O) groups is 2. The summed E-state index contributed by atoms with van der Waals surface area (Å²) < 4.78 is 12.4. The van der Waals surface area contributed by atoms with Crippen molar-refractivity contribution in [3.05, 3.63) is 70.6 Å². The van der Waals surface area contributed by atoms with E-state index in [4.69, 9.17) is 9.15 Å². The van der Waals surface area contributed by atoms with E-state index in [1.165, 1.54) is 28.0 Å². The fourth-order valence-electron chi connectivity index (χ4n) is 7.76. The summed E-state index contributed by atoms with van der Waals surface area (Å²) >= 11 is 3.10. The molecule has 5 heterocycles. The first-order chi connectivity index (χ1) is 26.3. The number of nitrogens with one attached hydrogen (secondary N) is 1. The van der Waals surface area contributed by atoms with Crippen molar-refractivity contribution >= 4 is 40.0 Å². The molecule has 2 fully saturated rings. The third-order valence-electron chi connectivity index (χ3n) is 10.9. The second-order valence-electron chi connectivity index (χ2n) is 16.9. The van der Waals surface area contributed by atoms with Gasteiger partial charge in [-0.3, -0.25) is 14.5 Å². The molecule has 1 unspecified atom stereocenters. The topological polar surface area (TPSA) is 128 Å². The van der Waals surface area contributed by atoms with Gasteiger partial charge in [-0.1, -0.05) is 70.2 Å². The van der Waals surface area contributed by atoms with Crippen molar-refractivity contribution in [2.75, 3.05) is 64.3 Å². The third kappa shape index (κ3) is 11.1. The van der Waals surface area contributed by atoms with Gasteiger partial charge < -0.3 is 24.3 Å². The van der Waals surface area contributed by atoms with Gasteiger partial charge in [-0.2, -0.15) is 5.26 Å². The first kappa shape index (κ1) is 41.1. The Morgan fingerprint density at radius 2 is 1.82 bits per heavy atom. The van der Waals surface area contributed by atoms with Crippen LogP contribution in [0.15, 0.2) is 50.9 Å². The standard InChI is InChI=1S/C42H57N7O4S2/c1-29-34-10-9-30(22-32(34)13-17-49(29)39(51)33(24-43)23-42(5,6)28-48-18-20-52-21-19-48)8-7-14-47-15-11-31(12-16-47)38(50)46-40-45-26-37(55-40)54-27-36-44-25-35(53-36)41(2,3)4/h9-10,22-23,25-26,29,31H,7-8,11-21,27-28H2,1-6H3,(H,45,46,50)/b33-23+. The molecule has 55 heavy (non-hydrogen) atoms. The normalized spacial score (nSPS) is 19.3. The summed E-state index contributed by atoms with van der Waals surface area (Å²) in [6, 6.07) is 8.83. The maximum atomic E-state index is 13.7. The Morgan fingerprint density at radius 1 is 1.05 bits per heavy atom. The summed E-state index contributed by atoms with van der Waals surface area (Å²) in [6.07, 6.45) is 10.00. The number of hydrogen-bond donors (Lipinski definition) is 1. The van der Waals surface area contributed by atoms with Crippen molar-refractivity contribution in [1.82, 2.24) is 24.7 Å². The van der Waals surface area contributed by atoms with Gasteiger partial charge in [0.1, 0.15) is 17.4 Å². The summed E-state index contributed by atoms with van der Waals surface area (Å²) in [5.41, 5.74) is 3.63. The molecule has 0 spiro atoms. The zero-order valence-electron chi connectivity index (χ0n) is 33.4. The van der Waals surface area contributed by atoms with E-state index in [0.29, 0.717) is 23.3 Å². The van der Waals surface area contributed by atoms with Crippen LogP contribution in [0.5, 0.6) is 0 Å². The number of anilines is 1. The van der Waals surface area contributed by atoms with Crippen LogP contribution in [0, 0.1) is 22.7 Å². The Morgan fingerprint density at radius 3 is 2.53 bits per heavy atom. The van der Waals surface area contributed by atoms with Gasteiger partial charge in [-0.15, -0.1) is 11.8 Å². The van der Waals surface area contributed by atoms with E-state index in [0.717, 1.165) is 94.6 Å². The molecule has 6 rings (SSSR count). The minimum Gasteiger partial charge on any atom is -0.444 e. The highest BCUT2D eigenvalue weighted by atomic mass is 32.2. The number of benzene rings is 1. The predicted molar refractivity (Wildman–Crippen MR) is 218 cm³/mol. The number of nitriles is 1. The summed E-state index contributed by atoms with van der Waals surface area (Å²) in [6.45, 7) is 20.0. The van der Waals surface area contributed by atoms with E-state index >= 15 is 0 Å². The number of aryl methyl sites for hydroxylation is 1. The van der Waals surface area contributed by atoms with Crippen LogP contribution in [0.2, 0.25) is 0 Å². The number of piperidine rings is 1. The van der Waals surface area contributed by atoms with Crippen molar-refractivity contribution < 1.29 is 18.7 Å². The van der Waals surface area contributed by atoms with Crippen molar-refractivity contribution in [2.24, 2.45) is 11.3 Å². The number of rotatable bonds is 13. The number of ether oxygens (including phenoxy) is 1. The largest absolute Gasteiger partial charge is 0.444 e. The van der Waals surface area contributed by atoms with Crippen LogP contribution in [-0.4, -0.2) is 95.5 Å². The summed E-state index contributed by atoms with van der Waals surface area (Å²) in [5, 5.41) is 13.7.